The van der Waals surface area contributed by atoms with Crippen molar-refractivity contribution in [3.63, 3.8) is 0 Å². The minimum atomic E-state index is 0.523. The molecule has 0 aromatic rings. The molecule has 0 unspecified atom stereocenters. The second-order valence-corrected chi connectivity index (χ2v) is 0.944. The first-order valence-electron chi connectivity index (χ1n) is 0.563. The second-order valence-electron chi connectivity index (χ2n) is 0.160. The fourth-order valence-corrected chi connectivity index (χ4v) is 0. The summed E-state index contributed by atoms with van der Waals surface area (Å²) in [6, 6.07) is 0. The van der Waals surface area contributed by atoms with Crippen LogP contribution in [0.5, 0.6) is 0 Å². The lowest BCUT2D eigenvalue weighted by Crippen LogP contribution is -1.35. The zero-order chi connectivity index (χ0) is 3.41. The molecule has 1 nitrogen and oxygen atoms in total. The van der Waals surface area contributed by atoms with Crippen LogP contribution in [0.2, 0.25) is 0 Å². The summed E-state index contributed by atoms with van der Waals surface area (Å²) in [6.45, 7) is 0. The molecule has 0 aromatic heterocycles. The summed E-state index contributed by atoms with van der Waals surface area (Å²) < 4.78 is 0. The quantitative estimate of drug-likeness (QED) is 0.482. The van der Waals surface area contributed by atoms with Crippen LogP contribution in [0.15, 0.2) is 0 Å². The van der Waals surface area contributed by atoms with Gasteiger partial charge in [0.05, 0.1) is 0 Å². The molecular weight excluding hydrogens is 95.5 g/mol. The summed E-state index contributed by atoms with van der Waals surface area (Å²) in [7, 11) is 5.20. The van der Waals surface area contributed by atoms with E-state index in [1.165, 1.54) is 5.62 Å². The van der Waals surface area contributed by atoms with Crippen LogP contribution in [0.4, 0.5) is 0 Å². The predicted octanol–water partition coefficient (Wildman–Crippen LogP) is 0.941. The lowest BCUT2D eigenvalue weighted by Gasteiger charge is -1.45. The summed E-state index contributed by atoms with van der Waals surface area (Å²) in [6.07, 6.45) is 0. The van der Waals surface area contributed by atoms with Crippen molar-refractivity contribution in [1.82, 2.24) is 0 Å². The van der Waals surface area contributed by atoms with Gasteiger partial charge in [-0.1, -0.05) is 0 Å². The molecule has 0 bridgehead atoms. The van der Waals surface area contributed by atoms with Gasteiger partial charge in [0.1, 0.15) is 0 Å². The van der Waals surface area contributed by atoms with Gasteiger partial charge in [-0.05, 0) is 10.7 Å². The van der Waals surface area contributed by atoms with Crippen molar-refractivity contribution in [3.05, 3.63) is 0 Å². The van der Waals surface area contributed by atoms with Crippen LogP contribution in [-0.2, 0) is 4.79 Å². The Bertz CT molecular complexity index is 22.0. The topological polar surface area (TPSA) is 17.1 Å². The third-order valence-electron chi connectivity index (χ3n) is 0.0315. The zero-order valence-corrected chi connectivity index (χ0v) is 3.27. The van der Waals surface area contributed by atoms with Gasteiger partial charge in [-0.2, -0.15) is 0 Å². The van der Waals surface area contributed by atoms with Gasteiger partial charge in [0.25, 0.3) is 5.62 Å². The summed E-state index contributed by atoms with van der Waals surface area (Å²) in [5.41, 5.74) is 1.36. The minimum absolute atomic E-state index is 0.523. The third-order valence-corrected chi connectivity index (χ3v) is 0.283. The normalized spacial score (nSPS) is 6.25. The molecule has 0 fully saturated rings. The van der Waals surface area contributed by atoms with E-state index in [9.17, 15) is 0 Å². The lowest BCUT2D eigenvalue weighted by molar-refractivity contribution is 0.570. The maximum Gasteiger partial charge on any atom is 0.282 e. The Morgan fingerprint density at radius 1 is 2.00 bits per heavy atom. The fraction of sp³-hybridized carbons (Fsp3) is 0. The van der Waals surface area contributed by atoms with Crippen molar-refractivity contribution in [2.45, 2.75) is 0 Å². The molecule has 0 spiro atoms. The maximum absolute atomic E-state index is 8.88. The summed E-state index contributed by atoms with van der Waals surface area (Å²) in [5.74, 6) is 0. The van der Waals surface area contributed by atoms with Gasteiger partial charge in [-0.25, -0.2) is 0 Å². The Balaban J connectivity index is 2.30. The average Bonchev–Trinajstić information content (AvgIpc) is 1.37. The highest BCUT2D eigenvalue weighted by molar-refractivity contribution is 8.31. The van der Waals surface area contributed by atoms with E-state index in [4.69, 9.17) is 4.79 Å². The molecular formula is CClOS. The van der Waals surface area contributed by atoms with Gasteiger partial charge in [-0.3, -0.25) is 4.79 Å². The van der Waals surface area contributed by atoms with Gasteiger partial charge in [0, 0.05) is 11.0 Å². The molecule has 0 amide bonds. The third kappa shape index (κ3) is 2.31. The highest BCUT2D eigenvalue weighted by atomic mass is 35.7. The monoisotopic (exact) mass is 94.9 g/mol. The van der Waals surface area contributed by atoms with E-state index in [-0.39, 0.29) is 0 Å². The van der Waals surface area contributed by atoms with Crippen molar-refractivity contribution in [3.8, 4) is 0 Å². The van der Waals surface area contributed by atoms with Gasteiger partial charge >= 0.3 is 0 Å². The highest BCUT2D eigenvalue weighted by Gasteiger charge is 1.60. The maximum atomic E-state index is 8.88. The SMILES string of the molecule is O=[C]SCl. The molecule has 3 heteroatoms. The number of hydrogen-bond acceptors (Lipinski definition) is 2. The van der Waals surface area contributed by atoms with Crippen LogP contribution in [0, 0.1) is 0 Å². The molecule has 0 aliphatic heterocycles. The van der Waals surface area contributed by atoms with Crippen molar-refractivity contribution in [2.24, 2.45) is 0 Å². The molecule has 1 radical (unpaired) electrons. The minimum Gasteiger partial charge on any atom is -0.276 e. The molecule has 0 aromatic carbocycles. The molecule has 0 heterocycles. The van der Waals surface area contributed by atoms with Crippen LogP contribution in [0.3, 0.4) is 0 Å². The van der Waals surface area contributed by atoms with Gasteiger partial charge in [0.2, 0.25) is 0 Å². The van der Waals surface area contributed by atoms with E-state index in [1.54, 1.807) is 0 Å². The van der Waals surface area contributed by atoms with Crippen LogP contribution in [0.1, 0.15) is 0 Å². The molecule has 0 rings (SSSR count). The Kier molecular flexibility index (Phi) is 3.57. The molecule has 0 aliphatic carbocycles. The summed E-state index contributed by atoms with van der Waals surface area (Å²) in [5, 5.41) is 0. The van der Waals surface area contributed by atoms with Crippen molar-refractivity contribution in [1.29, 1.82) is 0 Å². The van der Waals surface area contributed by atoms with Crippen molar-refractivity contribution < 1.29 is 4.79 Å². The second kappa shape index (κ2) is 3.31. The Hall–Kier alpha value is 0.310. The van der Waals surface area contributed by atoms with E-state index in [0.717, 1.165) is 0 Å². The summed E-state index contributed by atoms with van der Waals surface area (Å²) >= 11 is 0. The highest BCUT2D eigenvalue weighted by Crippen LogP contribution is 1.95. The Morgan fingerprint density at radius 3 is 2.25 bits per heavy atom. The first kappa shape index (κ1) is 4.31. The number of rotatable bonds is 1. The molecule has 4 heavy (non-hydrogen) atoms. The fourth-order valence-electron chi connectivity index (χ4n) is 0. The molecule has 0 aliphatic rings. The molecule has 0 N–H and O–H groups in total. The number of hydrogen-bond donors (Lipinski definition) is 0. The molecule has 0 saturated carbocycles. The largest absolute Gasteiger partial charge is 0.282 e. The van der Waals surface area contributed by atoms with Gasteiger partial charge in [-0.15, -0.1) is 0 Å². The van der Waals surface area contributed by atoms with E-state index in [2.05, 4.69) is 10.7 Å². The van der Waals surface area contributed by atoms with Crippen LogP contribution >= 0.6 is 21.7 Å². The smallest absolute Gasteiger partial charge is 0.276 e. The Labute approximate surface area is 32.8 Å². The first-order chi connectivity index (χ1) is 1.91. The average molecular weight is 95.5 g/mol. The van der Waals surface area contributed by atoms with Crippen LogP contribution in [0.25, 0.3) is 0 Å². The summed E-state index contributed by atoms with van der Waals surface area (Å²) in [4.78, 5) is 8.88. The zero-order valence-electron chi connectivity index (χ0n) is 1.69. The van der Waals surface area contributed by atoms with Crippen LogP contribution in [-0.4, -0.2) is 5.62 Å². The van der Waals surface area contributed by atoms with Gasteiger partial charge in [0.15, 0.2) is 0 Å². The predicted molar refractivity (Wildman–Crippen MR) is 19.1 cm³/mol. The molecule has 0 saturated heterocycles. The van der Waals surface area contributed by atoms with E-state index in [0.29, 0.717) is 11.0 Å². The molecule has 0 atom stereocenters. The standard InChI is InChI=1S/CClOS/c2-4-1-3. The van der Waals surface area contributed by atoms with E-state index < -0.39 is 0 Å². The first-order valence-corrected chi connectivity index (χ1v) is 2.21. The van der Waals surface area contributed by atoms with Crippen LogP contribution < -0.4 is 0 Å². The van der Waals surface area contributed by atoms with E-state index in [1.807, 2.05) is 0 Å². The van der Waals surface area contributed by atoms with Crippen molar-refractivity contribution in [2.75, 3.05) is 0 Å². The van der Waals surface area contributed by atoms with Gasteiger partial charge < -0.3 is 0 Å². The number of carbonyl (C=O) groups excluding carboxylic acids is 1. The van der Waals surface area contributed by atoms with E-state index >= 15 is 0 Å². The lowest BCUT2D eigenvalue weighted by atomic mass is 11.8. The molecule has 23 valence electrons. The number of halogens is 1. The Morgan fingerprint density at radius 2 is 2.25 bits per heavy atom. The van der Waals surface area contributed by atoms with Crippen molar-refractivity contribution >= 4 is 27.3 Å².